The molecule has 0 atom stereocenters. The molecular formula is C17H23N5O2. The molecule has 0 aliphatic heterocycles. The van der Waals surface area contributed by atoms with Gasteiger partial charge in [-0.3, -0.25) is 5.41 Å². The molecule has 0 spiro atoms. The normalized spacial score (nSPS) is 10.7. The fraction of sp³-hybridized carbons (Fsp3) is 0.353. The zero-order valence-electron chi connectivity index (χ0n) is 14.2. The maximum atomic E-state index is 8.42. The van der Waals surface area contributed by atoms with Gasteiger partial charge < -0.3 is 20.5 Å². The summed E-state index contributed by atoms with van der Waals surface area (Å²) >= 11 is 0. The van der Waals surface area contributed by atoms with E-state index < -0.39 is 0 Å². The Hall–Kier alpha value is -2.67. The highest BCUT2D eigenvalue weighted by atomic mass is 16.5. The molecule has 2 rings (SSSR count). The number of benzene rings is 1. The average molecular weight is 329 g/mol. The van der Waals surface area contributed by atoms with Gasteiger partial charge in [-0.15, -0.1) is 0 Å². The number of hydrogen-bond acceptors (Lipinski definition) is 7. The van der Waals surface area contributed by atoms with Gasteiger partial charge in [0, 0.05) is 31.0 Å². The molecule has 0 amide bonds. The fourth-order valence-electron chi connectivity index (χ4n) is 2.11. The van der Waals surface area contributed by atoms with Crippen LogP contribution in [0, 0.1) is 5.41 Å². The van der Waals surface area contributed by atoms with Gasteiger partial charge in [0.2, 0.25) is 0 Å². The summed E-state index contributed by atoms with van der Waals surface area (Å²) in [4.78, 5) is 8.31. The van der Waals surface area contributed by atoms with Crippen molar-refractivity contribution >= 4 is 17.2 Å². The molecule has 7 heteroatoms. The lowest BCUT2D eigenvalue weighted by molar-refractivity contribution is 0.210. The van der Waals surface area contributed by atoms with Crippen molar-refractivity contribution in [1.82, 2.24) is 9.97 Å². The molecule has 0 bridgehead atoms. The number of hydrogen-bond donors (Lipinski definition) is 3. The molecule has 0 fully saturated rings. The summed E-state index contributed by atoms with van der Waals surface area (Å²) in [7, 11) is 1.64. The smallest absolute Gasteiger partial charge is 0.130 e. The number of ether oxygens (including phenoxy) is 2. The Balaban J connectivity index is 2.23. The van der Waals surface area contributed by atoms with Crippen LogP contribution in [-0.2, 0) is 4.74 Å². The molecule has 1 aromatic carbocycles. The van der Waals surface area contributed by atoms with Crippen LogP contribution in [0.5, 0.6) is 5.75 Å². The van der Waals surface area contributed by atoms with E-state index in [0.717, 1.165) is 0 Å². The lowest BCUT2D eigenvalue weighted by Crippen LogP contribution is -2.12. The van der Waals surface area contributed by atoms with Crippen LogP contribution in [0.15, 0.2) is 30.6 Å². The summed E-state index contributed by atoms with van der Waals surface area (Å²) in [6.07, 6.45) is 1.47. The van der Waals surface area contributed by atoms with Gasteiger partial charge in [-0.05, 0) is 32.0 Å². The van der Waals surface area contributed by atoms with E-state index in [4.69, 9.17) is 20.6 Å². The first-order chi connectivity index (χ1) is 11.5. The van der Waals surface area contributed by atoms with E-state index in [0.29, 0.717) is 41.7 Å². The van der Waals surface area contributed by atoms with Gasteiger partial charge in [0.25, 0.3) is 0 Å². The zero-order chi connectivity index (χ0) is 17.5. The van der Waals surface area contributed by atoms with Gasteiger partial charge in [-0.2, -0.15) is 0 Å². The number of anilines is 2. The highest BCUT2D eigenvalue weighted by molar-refractivity contribution is 6.13. The predicted molar refractivity (Wildman–Crippen MR) is 94.9 cm³/mol. The van der Waals surface area contributed by atoms with Gasteiger partial charge in [0.05, 0.1) is 24.1 Å². The van der Waals surface area contributed by atoms with E-state index in [2.05, 4.69) is 15.3 Å². The van der Waals surface area contributed by atoms with E-state index in [9.17, 15) is 0 Å². The molecule has 1 heterocycles. The number of methoxy groups -OCH3 is 1. The van der Waals surface area contributed by atoms with Crippen LogP contribution >= 0.6 is 0 Å². The van der Waals surface area contributed by atoms with Gasteiger partial charge in [0.15, 0.2) is 0 Å². The summed E-state index contributed by atoms with van der Waals surface area (Å²) in [5, 5.41) is 11.5. The number of nitrogens with two attached hydrogens (primary N) is 1. The van der Waals surface area contributed by atoms with Gasteiger partial charge in [0.1, 0.15) is 17.9 Å². The number of nitrogen functional groups attached to an aromatic ring is 1. The molecule has 128 valence electrons. The summed E-state index contributed by atoms with van der Waals surface area (Å²) in [6.45, 7) is 5.09. The molecule has 0 radical (unpaired) electrons. The zero-order valence-corrected chi connectivity index (χ0v) is 14.2. The topological polar surface area (TPSA) is 106 Å². The third kappa shape index (κ3) is 4.66. The summed E-state index contributed by atoms with van der Waals surface area (Å²) in [6, 6.07) is 7.01. The molecule has 0 aliphatic carbocycles. The number of aromatic nitrogens is 2. The van der Waals surface area contributed by atoms with E-state index in [-0.39, 0.29) is 11.8 Å². The number of rotatable bonds is 8. The molecule has 0 saturated heterocycles. The summed E-state index contributed by atoms with van der Waals surface area (Å²) in [5.41, 5.74) is 7.81. The van der Waals surface area contributed by atoms with E-state index in [1.54, 1.807) is 31.4 Å². The fourth-order valence-corrected chi connectivity index (χ4v) is 2.11. The number of nitrogens with one attached hydrogen (secondary N) is 2. The summed E-state index contributed by atoms with van der Waals surface area (Å²) in [5.74, 6) is 1.31. The lowest BCUT2D eigenvalue weighted by atomic mass is 10.0. The molecule has 0 saturated carbocycles. The molecule has 4 N–H and O–H groups in total. The Morgan fingerprint density at radius 1 is 1.29 bits per heavy atom. The minimum Gasteiger partial charge on any atom is -0.491 e. The van der Waals surface area contributed by atoms with Crippen molar-refractivity contribution in [2.24, 2.45) is 0 Å². The van der Waals surface area contributed by atoms with E-state index in [1.807, 2.05) is 13.8 Å². The molecule has 24 heavy (non-hydrogen) atoms. The second-order valence-electron chi connectivity index (χ2n) is 5.50. The van der Waals surface area contributed by atoms with Crippen molar-refractivity contribution in [1.29, 1.82) is 5.41 Å². The van der Waals surface area contributed by atoms with Crippen molar-refractivity contribution in [2.75, 3.05) is 31.3 Å². The van der Waals surface area contributed by atoms with Crippen molar-refractivity contribution in [3.8, 4) is 5.75 Å². The van der Waals surface area contributed by atoms with Crippen LogP contribution < -0.4 is 15.8 Å². The Labute approximate surface area is 141 Å². The van der Waals surface area contributed by atoms with Crippen LogP contribution in [0.1, 0.15) is 25.1 Å². The SMILES string of the molecule is COCCNc1cc(C(=N)c2cc(OC(C)C)ccc2N)ncn1. The predicted octanol–water partition coefficient (Wildman–Crippen LogP) is 2.32. The maximum absolute atomic E-state index is 8.42. The first kappa shape index (κ1) is 17.7. The monoisotopic (exact) mass is 329 g/mol. The third-order valence-corrected chi connectivity index (χ3v) is 3.20. The molecule has 0 aliphatic rings. The first-order valence-corrected chi connectivity index (χ1v) is 7.71. The van der Waals surface area contributed by atoms with E-state index in [1.165, 1.54) is 6.33 Å². The maximum Gasteiger partial charge on any atom is 0.130 e. The Kier molecular flexibility index (Phi) is 6.08. The van der Waals surface area contributed by atoms with Crippen LogP contribution in [0.25, 0.3) is 0 Å². The van der Waals surface area contributed by atoms with Crippen molar-refractivity contribution < 1.29 is 9.47 Å². The number of nitrogens with zero attached hydrogens (tertiary/aromatic N) is 2. The van der Waals surface area contributed by atoms with Crippen molar-refractivity contribution in [3.05, 3.63) is 41.9 Å². The van der Waals surface area contributed by atoms with Gasteiger partial charge >= 0.3 is 0 Å². The Morgan fingerprint density at radius 3 is 2.79 bits per heavy atom. The third-order valence-electron chi connectivity index (χ3n) is 3.20. The molecular weight excluding hydrogens is 306 g/mol. The van der Waals surface area contributed by atoms with Crippen LogP contribution in [-0.4, -0.2) is 42.0 Å². The van der Waals surface area contributed by atoms with Crippen molar-refractivity contribution in [2.45, 2.75) is 20.0 Å². The standard InChI is InChI=1S/C17H23N5O2/c1-11(2)24-12-4-5-14(18)13(8-12)17(19)15-9-16(22-10-21-15)20-6-7-23-3/h4-5,8-11,19H,6-7,18H2,1-3H3,(H,20,21,22). The van der Waals surface area contributed by atoms with Crippen molar-refractivity contribution in [3.63, 3.8) is 0 Å². The minimum atomic E-state index is 0.0475. The highest BCUT2D eigenvalue weighted by Crippen LogP contribution is 2.23. The molecule has 2 aromatic rings. The minimum absolute atomic E-state index is 0.0475. The highest BCUT2D eigenvalue weighted by Gasteiger charge is 2.13. The lowest BCUT2D eigenvalue weighted by Gasteiger charge is -2.13. The summed E-state index contributed by atoms with van der Waals surface area (Å²) < 4.78 is 10.7. The average Bonchev–Trinajstić information content (AvgIpc) is 2.56. The quantitative estimate of drug-likeness (QED) is 0.390. The van der Waals surface area contributed by atoms with E-state index >= 15 is 0 Å². The van der Waals surface area contributed by atoms with Gasteiger partial charge in [-0.1, -0.05) is 0 Å². The molecule has 7 nitrogen and oxygen atoms in total. The van der Waals surface area contributed by atoms with Crippen LogP contribution in [0.4, 0.5) is 11.5 Å². The second kappa shape index (κ2) is 8.26. The Bertz CT molecular complexity index is 703. The molecule has 1 aromatic heterocycles. The molecule has 0 unspecified atom stereocenters. The van der Waals surface area contributed by atoms with Gasteiger partial charge in [-0.25, -0.2) is 9.97 Å². The first-order valence-electron chi connectivity index (χ1n) is 7.71. The van der Waals surface area contributed by atoms with Crippen LogP contribution in [0.3, 0.4) is 0 Å². The second-order valence-corrected chi connectivity index (χ2v) is 5.50. The van der Waals surface area contributed by atoms with Crippen LogP contribution in [0.2, 0.25) is 0 Å². The largest absolute Gasteiger partial charge is 0.491 e. The Morgan fingerprint density at radius 2 is 2.08 bits per heavy atom.